The van der Waals surface area contributed by atoms with Crippen molar-refractivity contribution in [1.82, 2.24) is 4.98 Å². The van der Waals surface area contributed by atoms with Crippen LogP contribution in [0.25, 0.3) is 0 Å². The molecule has 0 aliphatic rings. The van der Waals surface area contributed by atoms with E-state index in [9.17, 15) is 4.79 Å². The number of hydrogen-bond acceptors (Lipinski definition) is 4. The van der Waals surface area contributed by atoms with E-state index in [0.717, 1.165) is 11.3 Å². The van der Waals surface area contributed by atoms with Crippen LogP contribution in [0.1, 0.15) is 19.4 Å². The molecule has 0 fully saturated rings. The molecule has 3 N–H and O–H groups in total. The molecule has 0 spiro atoms. The second kappa shape index (κ2) is 5.32. The minimum atomic E-state index is -0.966. The van der Waals surface area contributed by atoms with Crippen molar-refractivity contribution in [3.63, 3.8) is 0 Å². The van der Waals surface area contributed by atoms with Gasteiger partial charge in [-0.3, -0.25) is 9.78 Å². The molecule has 0 radical (unpaired) electrons. The Bertz CT molecular complexity index is 354. The fraction of sp³-hybridized carbons (Fsp3) is 0.455. The quantitative estimate of drug-likeness (QED) is 0.815. The number of nitrogens with zero attached hydrogens (tertiary/aromatic N) is 1. The third kappa shape index (κ3) is 3.50. The summed E-state index contributed by atoms with van der Waals surface area (Å²) < 4.78 is -0.491. The van der Waals surface area contributed by atoms with Crippen molar-refractivity contribution < 1.29 is 9.90 Å². The molecule has 0 saturated carbocycles. The van der Waals surface area contributed by atoms with E-state index in [-0.39, 0.29) is 0 Å². The Morgan fingerprint density at radius 3 is 2.62 bits per heavy atom. The van der Waals surface area contributed by atoms with Crippen LogP contribution in [0.5, 0.6) is 0 Å². The van der Waals surface area contributed by atoms with Crippen LogP contribution in [0, 0.1) is 0 Å². The maximum atomic E-state index is 10.8. The lowest BCUT2D eigenvalue weighted by molar-refractivity contribution is -0.139. The number of aliphatic carboxylic acids is 1. The van der Waals surface area contributed by atoms with Gasteiger partial charge in [-0.25, -0.2) is 0 Å². The highest BCUT2D eigenvalue weighted by molar-refractivity contribution is 7.99. The van der Waals surface area contributed by atoms with E-state index in [4.69, 9.17) is 10.8 Å². The highest BCUT2D eigenvalue weighted by atomic mass is 32.2. The molecule has 1 aromatic rings. The fourth-order valence-corrected chi connectivity index (χ4v) is 2.15. The van der Waals surface area contributed by atoms with E-state index < -0.39 is 16.8 Å². The average Bonchev–Trinajstić information content (AvgIpc) is 2.27. The topological polar surface area (TPSA) is 76.2 Å². The van der Waals surface area contributed by atoms with Gasteiger partial charge in [-0.15, -0.1) is 11.8 Å². The smallest absolute Gasteiger partial charge is 0.321 e. The number of carboxylic acids is 1. The Balaban J connectivity index is 2.57. The summed E-state index contributed by atoms with van der Waals surface area (Å²) in [5.41, 5.74) is 6.74. The molecule has 1 rings (SSSR count). The van der Waals surface area contributed by atoms with Crippen molar-refractivity contribution in [2.75, 3.05) is 0 Å². The summed E-state index contributed by atoms with van der Waals surface area (Å²) in [5.74, 6) is -0.233. The lowest BCUT2D eigenvalue weighted by Crippen LogP contribution is -2.46. The monoisotopic (exact) mass is 240 g/mol. The van der Waals surface area contributed by atoms with E-state index in [1.165, 1.54) is 11.8 Å². The normalized spacial score (nSPS) is 13.4. The molecule has 16 heavy (non-hydrogen) atoms. The zero-order chi connectivity index (χ0) is 12.2. The number of hydrogen-bond donors (Lipinski definition) is 2. The van der Waals surface area contributed by atoms with E-state index in [0.29, 0.717) is 0 Å². The molecule has 0 amide bonds. The number of rotatable bonds is 5. The van der Waals surface area contributed by atoms with Crippen LogP contribution < -0.4 is 5.73 Å². The van der Waals surface area contributed by atoms with Crippen molar-refractivity contribution in [2.24, 2.45) is 5.73 Å². The van der Waals surface area contributed by atoms with Crippen LogP contribution in [-0.4, -0.2) is 26.8 Å². The second-order valence-corrected chi connectivity index (χ2v) is 5.69. The summed E-state index contributed by atoms with van der Waals surface area (Å²) in [6.45, 7) is 3.69. The lowest BCUT2D eigenvalue weighted by atomic mass is 10.1. The highest BCUT2D eigenvalue weighted by Crippen LogP contribution is 2.30. The molecule has 0 unspecified atom stereocenters. The Morgan fingerprint density at radius 1 is 1.56 bits per heavy atom. The van der Waals surface area contributed by atoms with Gasteiger partial charge in [-0.05, 0) is 31.5 Å². The largest absolute Gasteiger partial charge is 0.480 e. The second-order valence-electron chi connectivity index (χ2n) is 4.06. The van der Waals surface area contributed by atoms with Crippen LogP contribution in [-0.2, 0) is 10.5 Å². The van der Waals surface area contributed by atoms with Crippen molar-refractivity contribution in [2.45, 2.75) is 30.4 Å². The number of thioether (sulfide) groups is 1. The van der Waals surface area contributed by atoms with Gasteiger partial charge in [0, 0.05) is 22.9 Å². The Kier molecular flexibility index (Phi) is 4.32. The standard InChI is InChI=1S/C11H16N2O2S/c1-11(2,9(12)10(14)15)16-7-8-3-5-13-6-4-8/h3-6,9H,7,12H2,1-2H3,(H,14,15)/t9-/m0/s1. The Morgan fingerprint density at radius 2 is 2.12 bits per heavy atom. The summed E-state index contributed by atoms with van der Waals surface area (Å²) in [6.07, 6.45) is 3.44. The minimum absolute atomic E-state index is 0.491. The van der Waals surface area contributed by atoms with Crippen LogP contribution in [0.2, 0.25) is 0 Å². The number of carboxylic acid groups (broad SMARTS) is 1. The van der Waals surface area contributed by atoms with Crippen molar-refractivity contribution in [1.29, 1.82) is 0 Å². The zero-order valence-electron chi connectivity index (χ0n) is 9.38. The minimum Gasteiger partial charge on any atom is -0.480 e. The molecule has 0 aliphatic heterocycles. The molecule has 0 aliphatic carbocycles. The van der Waals surface area contributed by atoms with Gasteiger partial charge in [0.2, 0.25) is 0 Å². The van der Waals surface area contributed by atoms with E-state index >= 15 is 0 Å². The molecule has 0 aromatic carbocycles. The summed E-state index contributed by atoms with van der Waals surface area (Å²) in [7, 11) is 0. The van der Waals surface area contributed by atoms with Gasteiger partial charge in [0.15, 0.2) is 0 Å². The van der Waals surface area contributed by atoms with E-state index in [1.807, 2.05) is 26.0 Å². The van der Waals surface area contributed by atoms with Crippen LogP contribution >= 0.6 is 11.8 Å². The Labute approximate surface area is 99.3 Å². The third-order valence-corrected chi connectivity index (χ3v) is 3.85. The summed E-state index contributed by atoms with van der Waals surface area (Å²) in [5, 5.41) is 8.87. The average molecular weight is 240 g/mol. The lowest BCUT2D eigenvalue weighted by Gasteiger charge is -2.27. The van der Waals surface area contributed by atoms with E-state index in [1.54, 1.807) is 12.4 Å². The molecule has 1 atom stereocenters. The van der Waals surface area contributed by atoms with Gasteiger partial charge in [0.25, 0.3) is 0 Å². The van der Waals surface area contributed by atoms with Gasteiger partial charge < -0.3 is 10.8 Å². The molecule has 1 heterocycles. The number of carbonyl (C=O) groups is 1. The molecule has 88 valence electrons. The molecule has 0 saturated heterocycles. The first-order valence-electron chi connectivity index (χ1n) is 4.95. The fourth-order valence-electron chi connectivity index (χ4n) is 1.14. The summed E-state index contributed by atoms with van der Waals surface area (Å²) in [6, 6.07) is 2.96. The van der Waals surface area contributed by atoms with Crippen LogP contribution in [0.15, 0.2) is 24.5 Å². The number of nitrogens with two attached hydrogens (primary N) is 1. The van der Waals surface area contributed by atoms with Crippen molar-refractivity contribution in [3.8, 4) is 0 Å². The molecule has 5 heteroatoms. The number of aromatic nitrogens is 1. The van der Waals surface area contributed by atoms with Crippen molar-refractivity contribution >= 4 is 17.7 Å². The van der Waals surface area contributed by atoms with Gasteiger partial charge in [0.05, 0.1) is 0 Å². The predicted molar refractivity (Wildman–Crippen MR) is 65.2 cm³/mol. The summed E-state index contributed by atoms with van der Waals surface area (Å²) >= 11 is 1.53. The first-order chi connectivity index (χ1) is 7.43. The zero-order valence-corrected chi connectivity index (χ0v) is 10.2. The molecule has 1 aromatic heterocycles. The van der Waals surface area contributed by atoms with Crippen molar-refractivity contribution in [3.05, 3.63) is 30.1 Å². The summed E-state index contributed by atoms with van der Waals surface area (Å²) in [4.78, 5) is 14.7. The van der Waals surface area contributed by atoms with Gasteiger partial charge in [-0.2, -0.15) is 0 Å². The highest BCUT2D eigenvalue weighted by Gasteiger charge is 2.32. The van der Waals surface area contributed by atoms with Gasteiger partial charge in [-0.1, -0.05) is 0 Å². The Hall–Kier alpha value is -1.07. The molecule has 4 nitrogen and oxygen atoms in total. The molecular formula is C11H16N2O2S. The first kappa shape index (κ1) is 13.0. The van der Waals surface area contributed by atoms with E-state index in [2.05, 4.69) is 4.98 Å². The van der Waals surface area contributed by atoms with Gasteiger partial charge in [0.1, 0.15) is 6.04 Å². The third-order valence-electron chi connectivity index (χ3n) is 2.38. The maximum absolute atomic E-state index is 10.8. The number of pyridine rings is 1. The predicted octanol–water partition coefficient (Wildman–Crippen LogP) is 1.51. The SMILES string of the molecule is CC(C)(SCc1ccncc1)[C@@H](N)C(=O)O. The molecule has 0 bridgehead atoms. The van der Waals surface area contributed by atoms with Crippen LogP contribution in [0.4, 0.5) is 0 Å². The van der Waals surface area contributed by atoms with Gasteiger partial charge >= 0.3 is 5.97 Å². The van der Waals surface area contributed by atoms with Crippen LogP contribution in [0.3, 0.4) is 0 Å². The molecular weight excluding hydrogens is 224 g/mol. The maximum Gasteiger partial charge on any atom is 0.321 e. The first-order valence-corrected chi connectivity index (χ1v) is 5.93.